The van der Waals surface area contributed by atoms with Gasteiger partial charge in [-0.1, -0.05) is 26.2 Å². The van der Waals surface area contributed by atoms with Crippen LogP contribution in [0.1, 0.15) is 51.9 Å². The third-order valence-corrected chi connectivity index (χ3v) is 2.68. The summed E-state index contributed by atoms with van der Waals surface area (Å²) in [5.41, 5.74) is 0. The molecule has 1 N–H and O–H groups in total. The second kappa shape index (κ2) is 10.1. The lowest BCUT2D eigenvalue weighted by molar-refractivity contribution is -0.110. The highest BCUT2D eigenvalue weighted by Gasteiger charge is 2.23. The number of rotatable bonds is 6. The molecule has 2 atom stereocenters. The predicted molar refractivity (Wildman–Crippen MR) is 60.9 cm³/mol. The van der Waals surface area contributed by atoms with E-state index in [1.54, 1.807) is 0 Å². The molecule has 0 saturated carbocycles. The fraction of sp³-hybridized carbons (Fsp3) is 0.917. The molecule has 2 unspecified atom stereocenters. The van der Waals surface area contributed by atoms with Crippen LogP contribution in [0.3, 0.4) is 0 Å². The summed E-state index contributed by atoms with van der Waals surface area (Å²) in [5.74, 6) is 0. The molecule has 3 heteroatoms. The van der Waals surface area contributed by atoms with Crippen molar-refractivity contribution in [1.29, 1.82) is 0 Å². The fourth-order valence-electron chi connectivity index (χ4n) is 1.90. The van der Waals surface area contributed by atoms with Crippen LogP contribution in [0.15, 0.2) is 0 Å². The molecule has 0 aromatic rings. The minimum absolute atomic E-state index is 0.226. The Morgan fingerprint density at radius 2 is 1.93 bits per heavy atom. The highest BCUT2D eigenvalue weighted by molar-refractivity contribution is 5.50. The summed E-state index contributed by atoms with van der Waals surface area (Å²) in [6, 6.07) is 0. The molecule has 1 fully saturated rings. The molecule has 0 aromatic heterocycles. The van der Waals surface area contributed by atoms with Gasteiger partial charge in [0.1, 0.15) is 6.29 Å². The molecule has 0 aromatic carbocycles. The zero-order valence-electron chi connectivity index (χ0n) is 9.95. The van der Waals surface area contributed by atoms with E-state index in [2.05, 4.69) is 6.92 Å². The Hall–Kier alpha value is -0.410. The van der Waals surface area contributed by atoms with Crippen molar-refractivity contribution in [3.8, 4) is 0 Å². The molecule has 1 saturated heterocycles. The van der Waals surface area contributed by atoms with Crippen LogP contribution in [-0.2, 0) is 9.53 Å². The Morgan fingerprint density at radius 3 is 2.53 bits per heavy atom. The van der Waals surface area contributed by atoms with Gasteiger partial charge in [0.05, 0.1) is 12.2 Å². The fourth-order valence-corrected chi connectivity index (χ4v) is 1.90. The normalized spacial score (nSPS) is 24.5. The molecule has 0 bridgehead atoms. The standard InChI is InChI=1S/C11H20O2.CH4O/c1-2-3-4-5-10-6-7-11(13-10)8-9-12;1-2/h9-11H,2-8H2,1H3;2H,1H3. The van der Waals surface area contributed by atoms with Crippen molar-refractivity contribution in [3.63, 3.8) is 0 Å². The van der Waals surface area contributed by atoms with Crippen molar-refractivity contribution >= 4 is 6.29 Å². The third-order valence-electron chi connectivity index (χ3n) is 2.68. The first-order valence-electron chi connectivity index (χ1n) is 5.90. The van der Waals surface area contributed by atoms with Crippen molar-refractivity contribution in [1.82, 2.24) is 0 Å². The largest absolute Gasteiger partial charge is 0.400 e. The summed E-state index contributed by atoms with van der Waals surface area (Å²) in [5, 5.41) is 7.00. The van der Waals surface area contributed by atoms with Gasteiger partial charge in [0.2, 0.25) is 0 Å². The molecule has 1 rings (SSSR count). The van der Waals surface area contributed by atoms with E-state index in [1.807, 2.05) is 0 Å². The van der Waals surface area contributed by atoms with E-state index in [4.69, 9.17) is 9.84 Å². The number of aldehydes is 1. The van der Waals surface area contributed by atoms with Gasteiger partial charge in [0, 0.05) is 13.5 Å². The average molecular weight is 216 g/mol. The highest BCUT2D eigenvalue weighted by Crippen LogP contribution is 2.25. The second-order valence-corrected chi connectivity index (χ2v) is 3.86. The molecule has 0 aliphatic carbocycles. The smallest absolute Gasteiger partial charge is 0.122 e. The van der Waals surface area contributed by atoms with Gasteiger partial charge < -0.3 is 14.6 Å². The molecule has 1 heterocycles. The molecule has 1 aliphatic rings. The van der Waals surface area contributed by atoms with Gasteiger partial charge in [-0.25, -0.2) is 0 Å². The zero-order valence-corrected chi connectivity index (χ0v) is 9.95. The van der Waals surface area contributed by atoms with Crippen LogP contribution in [0, 0.1) is 0 Å². The topological polar surface area (TPSA) is 46.5 Å². The number of hydrogen-bond donors (Lipinski definition) is 1. The minimum atomic E-state index is 0.226. The van der Waals surface area contributed by atoms with Crippen molar-refractivity contribution in [2.75, 3.05) is 7.11 Å². The lowest BCUT2D eigenvalue weighted by atomic mass is 10.1. The number of aliphatic hydroxyl groups excluding tert-OH is 1. The van der Waals surface area contributed by atoms with Crippen molar-refractivity contribution < 1.29 is 14.6 Å². The number of unbranched alkanes of at least 4 members (excludes halogenated alkanes) is 2. The van der Waals surface area contributed by atoms with Crippen LogP contribution in [0.25, 0.3) is 0 Å². The maximum Gasteiger partial charge on any atom is 0.122 e. The Labute approximate surface area is 92.8 Å². The van der Waals surface area contributed by atoms with E-state index in [0.29, 0.717) is 12.5 Å². The minimum Gasteiger partial charge on any atom is -0.400 e. The van der Waals surface area contributed by atoms with Crippen LogP contribution in [0.4, 0.5) is 0 Å². The average Bonchev–Trinajstić information content (AvgIpc) is 2.70. The number of carbonyl (C=O) groups is 1. The first-order chi connectivity index (χ1) is 7.36. The van der Waals surface area contributed by atoms with Crippen molar-refractivity contribution in [2.45, 2.75) is 64.1 Å². The van der Waals surface area contributed by atoms with Gasteiger partial charge in [0.25, 0.3) is 0 Å². The molecule has 0 amide bonds. The Kier molecular flexibility index (Phi) is 9.84. The van der Waals surface area contributed by atoms with Gasteiger partial charge in [-0.05, 0) is 19.3 Å². The Balaban J connectivity index is 0.000000921. The molecule has 15 heavy (non-hydrogen) atoms. The number of hydrogen-bond acceptors (Lipinski definition) is 3. The number of carbonyl (C=O) groups excluding carboxylic acids is 1. The predicted octanol–water partition coefficient (Wildman–Crippen LogP) is 2.31. The lowest BCUT2D eigenvalue weighted by Gasteiger charge is -2.11. The van der Waals surface area contributed by atoms with E-state index >= 15 is 0 Å². The molecular weight excluding hydrogens is 192 g/mol. The second-order valence-electron chi connectivity index (χ2n) is 3.86. The van der Waals surface area contributed by atoms with Crippen LogP contribution < -0.4 is 0 Å². The maximum absolute atomic E-state index is 10.2. The third kappa shape index (κ3) is 6.63. The Morgan fingerprint density at radius 1 is 1.27 bits per heavy atom. The van der Waals surface area contributed by atoms with Gasteiger partial charge in [-0.15, -0.1) is 0 Å². The first-order valence-corrected chi connectivity index (χ1v) is 5.90. The zero-order chi connectivity index (χ0) is 11.5. The van der Waals surface area contributed by atoms with E-state index in [1.165, 1.54) is 25.7 Å². The van der Waals surface area contributed by atoms with Crippen molar-refractivity contribution in [3.05, 3.63) is 0 Å². The summed E-state index contributed by atoms with van der Waals surface area (Å²) < 4.78 is 5.72. The number of aliphatic hydroxyl groups is 1. The van der Waals surface area contributed by atoms with E-state index in [-0.39, 0.29) is 6.10 Å². The highest BCUT2D eigenvalue weighted by atomic mass is 16.5. The quantitative estimate of drug-likeness (QED) is 0.547. The molecule has 90 valence electrons. The van der Waals surface area contributed by atoms with Crippen LogP contribution in [-0.4, -0.2) is 30.7 Å². The van der Waals surface area contributed by atoms with Crippen LogP contribution >= 0.6 is 0 Å². The summed E-state index contributed by atoms with van der Waals surface area (Å²) in [6.07, 6.45) is 9.49. The van der Waals surface area contributed by atoms with E-state index < -0.39 is 0 Å². The Bertz CT molecular complexity index is 148. The molecule has 0 spiro atoms. The van der Waals surface area contributed by atoms with Gasteiger partial charge in [-0.3, -0.25) is 0 Å². The van der Waals surface area contributed by atoms with Gasteiger partial charge in [-0.2, -0.15) is 0 Å². The van der Waals surface area contributed by atoms with Crippen LogP contribution in [0.5, 0.6) is 0 Å². The molecule has 0 radical (unpaired) electrons. The summed E-state index contributed by atoms with van der Waals surface area (Å²) >= 11 is 0. The SMILES string of the molecule is CCCCCC1CCC(CC=O)O1.CO. The molecular formula is C12H24O3. The van der Waals surface area contributed by atoms with Gasteiger partial charge in [0.15, 0.2) is 0 Å². The van der Waals surface area contributed by atoms with Crippen LogP contribution in [0.2, 0.25) is 0 Å². The summed E-state index contributed by atoms with van der Waals surface area (Å²) in [7, 11) is 1.00. The first kappa shape index (κ1) is 14.6. The maximum atomic E-state index is 10.2. The summed E-state index contributed by atoms with van der Waals surface area (Å²) in [4.78, 5) is 10.2. The summed E-state index contributed by atoms with van der Waals surface area (Å²) in [6.45, 7) is 2.21. The van der Waals surface area contributed by atoms with E-state index in [9.17, 15) is 4.79 Å². The van der Waals surface area contributed by atoms with Crippen molar-refractivity contribution in [2.24, 2.45) is 0 Å². The number of ether oxygens (including phenoxy) is 1. The molecule has 1 aliphatic heterocycles. The van der Waals surface area contributed by atoms with Gasteiger partial charge >= 0.3 is 0 Å². The van der Waals surface area contributed by atoms with E-state index in [0.717, 1.165) is 26.2 Å². The molecule has 3 nitrogen and oxygen atoms in total. The monoisotopic (exact) mass is 216 g/mol. The lowest BCUT2D eigenvalue weighted by Crippen LogP contribution is -2.11.